The maximum atomic E-state index is 13.0. The largest absolute Gasteiger partial charge is 0.416 e. The minimum absolute atomic E-state index is 0.165. The van der Waals surface area contributed by atoms with E-state index in [1.807, 2.05) is 11.9 Å². The molecule has 1 aromatic carbocycles. The third-order valence-corrected chi connectivity index (χ3v) is 3.72. The van der Waals surface area contributed by atoms with Gasteiger partial charge in [-0.25, -0.2) is 0 Å². The second kappa shape index (κ2) is 7.09. The van der Waals surface area contributed by atoms with Crippen molar-refractivity contribution in [1.82, 2.24) is 4.90 Å². The quantitative estimate of drug-likeness (QED) is 0.862. The van der Waals surface area contributed by atoms with Gasteiger partial charge in [0.05, 0.1) is 5.56 Å². The van der Waals surface area contributed by atoms with E-state index in [9.17, 15) is 13.2 Å². The van der Waals surface area contributed by atoms with Crippen molar-refractivity contribution in [3.8, 4) is 0 Å². The average Bonchev–Trinajstić information content (AvgIpc) is 2.39. The Hall–Kier alpha value is -1.07. The van der Waals surface area contributed by atoms with Crippen LogP contribution in [0.4, 0.5) is 13.2 Å². The molecule has 0 bridgehead atoms. The van der Waals surface area contributed by atoms with Crippen LogP contribution in [0.15, 0.2) is 24.3 Å². The molecule has 0 aliphatic carbocycles. The number of nitrogens with two attached hydrogens (primary N) is 1. The van der Waals surface area contributed by atoms with E-state index in [0.29, 0.717) is 12.6 Å². The Kier molecular flexibility index (Phi) is 6.02. The van der Waals surface area contributed by atoms with Crippen LogP contribution in [0.3, 0.4) is 0 Å². The number of hydrogen-bond acceptors (Lipinski definition) is 2. The highest BCUT2D eigenvalue weighted by Crippen LogP contribution is 2.34. The standard InChI is InChI=1S/C15H23F3N2/c1-4-11(5-2)20(3)10-14(19)12-8-6-7-9-13(12)15(16,17)18/h6-9,11,14H,4-5,10,19H2,1-3H3. The van der Waals surface area contributed by atoms with Crippen LogP contribution in [0.5, 0.6) is 0 Å². The average molecular weight is 288 g/mol. The van der Waals surface area contributed by atoms with Crippen LogP contribution in [0.25, 0.3) is 0 Å². The lowest BCUT2D eigenvalue weighted by atomic mass is 9.99. The number of likely N-dealkylation sites (N-methyl/N-ethyl adjacent to an activating group) is 1. The molecule has 0 spiro atoms. The summed E-state index contributed by atoms with van der Waals surface area (Å²) in [5, 5.41) is 0. The first kappa shape index (κ1) is 17.0. The molecule has 1 aromatic rings. The Labute approximate surface area is 118 Å². The van der Waals surface area contributed by atoms with Gasteiger partial charge >= 0.3 is 6.18 Å². The predicted octanol–water partition coefficient (Wildman–Crippen LogP) is 3.83. The summed E-state index contributed by atoms with van der Waals surface area (Å²) in [5.74, 6) is 0. The summed E-state index contributed by atoms with van der Waals surface area (Å²) < 4.78 is 38.9. The van der Waals surface area contributed by atoms with Gasteiger partial charge in [0.2, 0.25) is 0 Å². The highest BCUT2D eigenvalue weighted by Gasteiger charge is 2.34. The Morgan fingerprint density at radius 1 is 1.15 bits per heavy atom. The van der Waals surface area contributed by atoms with Gasteiger partial charge in [0, 0.05) is 18.6 Å². The molecule has 0 amide bonds. The fourth-order valence-electron chi connectivity index (χ4n) is 2.55. The van der Waals surface area contributed by atoms with Crippen LogP contribution < -0.4 is 5.73 Å². The monoisotopic (exact) mass is 288 g/mol. The van der Waals surface area contributed by atoms with Crippen molar-refractivity contribution >= 4 is 0 Å². The van der Waals surface area contributed by atoms with E-state index in [-0.39, 0.29) is 5.56 Å². The van der Waals surface area contributed by atoms with Crippen LogP contribution in [-0.2, 0) is 6.18 Å². The fraction of sp³-hybridized carbons (Fsp3) is 0.600. The van der Waals surface area contributed by atoms with E-state index in [1.54, 1.807) is 6.07 Å². The van der Waals surface area contributed by atoms with Gasteiger partial charge in [-0.3, -0.25) is 0 Å². The number of nitrogens with zero attached hydrogens (tertiary/aromatic N) is 1. The van der Waals surface area contributed by atoms with Crippen LogP contribution in [-0.4, -0.2) is 24.5 Å². The van der Waals surface area contributed by atoms with Gasteiger partial charge in [-0.15, -0.1) is 0 Å². The molecular weight excluding hydrogens is 265 g/mol. The molecule has 0 fully saturated rings. The van der Waals surface area contributed by atoms with E-state index < -0.39 is 17.8 Å². The van der Waals surface area contributed by atoms with Gasteiger partial charge in [-0.05, 0) is 31.5 Å². The van der Waals surface area contributed by atoms with Crippen molar-refractivity contribution in [3.05, 3.63) is 35.4 Å². The minimum Gasteiger partial charge on any atom is -0.323 e. The molecule has 114 valence electrons. The molecule has 0 heterocycles. The van der Waals surface area contributed by atoms with Gasteiger partial charge in [-0.1, -0.05) is 32.0 Å². The second-order valence-corrected chi connectivity index (χ2v) is 5.10. The highest BCUT2D eigenvalue weighted by molar-refractivity contribution is 5.32. The Balaban J connectivity index is 2.90. The zero-order chi connectivity index (χ0) is 15.3. The summed E-state index contributed by atoms with van der Waals surface area (Å²) in [5.41, 5.74) is 5.53. The number of alkyl halides is 3. The Morgan fingerprint density at radius 3 is 2.20 bits per heavy atom. The third kappa shape index (κ3) is 4.21. The summed E-state index contributed by atoms with van der Waals surface area (Å²) in [6, 6.07) is 5.25. The van der Waals surface area contributed by atoms with Crippen molar-refractivity contribution in [2.24, 2.45) is 5.73 Å². The molecule has 0 saturated carbocycles. The van der Waals surface area contributed by atoms with Crippen molar-refractivity contribution in [3.63, 3.8) is 0 Å². The van der Waals surface area contributed by atoms with E-state index >= 15 is 0 Å². The summed E-state index contributed by atoms with van der Waals surface area (Å²) >= 11 is 0. The molecule has 20 heavy (non-hydrogen) atoms. The van der Waals surface area contributed by atoms with E-state index in [1.165, 1.54) is 12.1 Å². The topological polar surface area (TPSA) is 29.3 Å². The summed E-state index contributed by atoms with van der Waals surface area (Å²) in [6.07, 6.45) is -2.44. The third-order valence-electron chi connectivity index (χ3n) is 3.72. The van der Waals surface area contributed by atoms with Gasteiger partial charge in [0.1, 0.15) is 0 Å². The van der Waals surface area contributed by atoms with Crippen molar-refractivity contribution in [2.45, 2.75) is 44.9 Å². The molecular formula is C15H23F3N2. The molecule has 0 radical (unpaired) electrons. The Morgan fingerprint density at radius 2 is 1.70 bits per heavy atom. The maximum absolute atomic E-state index is 13.0. The lowest BCUT2D eigenvalue weighted by Crippen LogP contribution is -2.37. The first-order chi connectivity index (χ1) is 9.31. The molecule has 1 rings (SSSR count). The first-order valence-electron chi connectivity index (χ1n) is 6.93. The van der Waals surface area contributed by atoms with Gasteiger partial charge < -0.3 is 10.6 Å². The van der Waals surface area contributed by atoms with Gasteiger partial charge in [0.15, 0.2) is 0 Å². The summed E-state index contributed by atoms with van der Waals surface area (Å²) in [6.45, 7) is 4.55. The Bertz CT molecular complexity index is 414. The SMILES string of the molecule is CCC(CC)N(C)CC(N)c1ccccc1C(F)(F)F. The first-order valence-corrected chi connectivity index (χ1v) is 6.93. The van der Waals surface area contributed by atoms with E-state index in [0.717, 1.165) is 18.9 Å². The number of hydrogen-bond donors (Lipinski definition) is 1. The summed E-state index contributed by atoms with van der Waals surface area (Å²) in [4.78, 5) is 2.04. The second-order valence-electron chi connectivity index (χ2n) is 5.10. The lowest BCUT2D eigenvalue weighted by molar-refractivity contribution is -0.138. The maximum Gasteiger partial charge on any atom is 0.416 e. The van der Waals surface area contributed by atoms with E-state index in [4.69, 9.17) is 5.73 Å². The molecule has 1 unspecified atom stereocenters. The molecule has 0 aromatic heterocycles. The van der Waals surface area contributed by atoms with Gasteiger partial charge in [0.25, 0.3) is 0 Å². The molecule has 0 aliphatic rings. The molecule has 5 heteroatoms. The van der Waals surface area contributed by atoms with Crippen LogP contribution in [0, 0.1) is 0 Å². The smallest absolute Gasteiger partial charge is 0.323 e. The predicted molar refractivity (Wildman–Crippen MR) is 75.4 cm³/mol. The highest BCUT2D eigenvalue weighted by atomic mass is 19.4. The van der Waals surface area contributed by atoms with Crippen molar-refractivity contribution in [2.75, 3.05) is 13.6 Å². The molecule has 1 atom stereocenters. The zero-order valence-corrected chi connectivity index (χ0v) is 12.2. The lowest BCUT2D eigenvalue weighted by Gasteiger charge is -2.29. The molecule has 0 aliphatic heterocycles. The number of halogens is 3. The van der Waals surface area contributed by atoms with E-state index in [2.05, 4.69) is 13.8 Å². The van der Waals surface area contributed by atoms with Gasteiger partial charge in [-0.2, -0.15) is 13.2 Å². The molecule has 0 saturated heterocycles. The molecule has 2 N–H and O–H groups in total. The minimum atomic E-state index is -4.36. The van der Waals surface area contributed by atoms with Crippen LogP contribution >= 0.6 is 0 Å². The van der Waals surface area contributed by atoms with Crippen LogP contribution in [0.2, 0.25) is 0 Å². The van der Waals surface area contributed by atoms with Crippen LogP contribution in [0.1, 0.15) is 43.9 Å². The number of benzene rings is 1. The summed E-state index contributed by atoms with van der Waals surface area (Å²) in [7, 11) is 1.91. The zero-order valence-electron chi connectivity index (χ0n) is 12.2. The van der Waals surface area contributed by atoms with Crippen molar-refractivity contribution < 1.29 is 13.2 Å². The fourth-order valence-corrected chi connectivity index (χ4v) is 2.55. The normalized spacial score (nSPS) is 14.1. The molecule has 2 nitrogen and oxygen atoms in total. The van der Waals surface area contributed by atoms with Crippen molar-refractivity contribution in [1.29, 1.82) is 0 Å². The number of rotatable bonds is 6.